The molecule has 38 heavy (non-hydrogen) atoms. The zero-order valence-corrected chi connectivity index (χ0v) is 22.2. The van der Waals surface area contributed by atoms with Gasteiger partial charge in [-0.2, -0.15) is 0 Å². The van der Waals surface area contributed by atoms with Gasteiger partial charge >= 0.3 is 0 Å². The summed E-state index contributed by atoms with van der Waals surface area (Å²) >= 11 is 7.64. The Hall–Kier alpha value is -3.40. The number of aliphatic imine (C=N–C) groups is 1. The van der Waals surface area contributed by atoms with Crippen LogP contribution < -0.4 is 20.9 Å². The van der Waals surface area contributed by atoms with E-state index < -0.39 is 0 Å². The normalized spacial score (nSPS) is 20.1. The molecule has 0 radical (unpaired) electrons. The van der Waals surface area contributed by atoms with Gasteiger partial charge in [-0.15, -0.1) is 0 Å². The molecule has 3 heterocycles. The maximum absolute atomic E-state index is 12.8. The number of hydrogen-bond donors (Lipinski definition) is 3. The molecule has 2 amide bonds. The van der Waals surface area contributed by atoms with E-state index >= 15 is 0 Å². The number of pyridine rings is 1. The minimum atomic E-state index is -0.215. The van der Waals surface area contributed by atoms with Crippen LogP contribution in [-0.2, 0) is 9.59 Å². The second-order valence-electron chi connectivity index (χ2n) is 9.61. The number of carbonyl (C=O) groups excluding carboxylic acids is 2. The highest BCUT2D eigenvalue weighted by Gasteiger charge is 2.26. The average molecular weight is 547 g/mol. The lowest BCUT2D eigenvalue weighted by molar-refractivity contribution is -0.122. The fraction of sp³-hybridized carbons (Fsp3) is 0.286. The molecule has 3 N–H and O–H groups in total. The third-order valence-corrected chi connectivity index (χ3v) is 8.29. The van der Waals surface area contributed by atoms with Crippen molar-refractivity contribution in [3.63, 3.8) is 0 Å². The number of aromatic nitrogens is 1. The summed E-state index contributed by atoms with van der Waals surface area (Å²) in [6, 6.07) is 13.3. The smallest absolute Gasteiger partial charge is 0.264 e. The lowest BCUT2D eigenvalue weighted by Gasteiger charge is -2.30. The maximum Gasteiger partial charge on any atom is 0.264 e. The van der Waals surface area contributed by atoms with E-state index in [9.17, 15) is 9.59 Å². The summed E-state index contributed by atoms with van der Waals surface area (Å²) in [4.78, 5) is 37.1. The number of amides is 2. The Bertz CT molecular complexity index is 1480. The van der Waals surface area contributed by atoms with Crippen molar-refractivity contribution in [3.05, 3.63) is 64.2 Å². The van der Waals surface area contributed by atoms with Crippen molar-refractivity contribution >= 4 is 74.4 Å². The summed E-state index contributed by atoms with van der Waals surface area (Å²) in [6.07, 6.45) is 6.67. The van der Waals surface area contributed by atoms with Gasteiger partial charge in [0.15, 0.2) is 5.17 Å². The third kappa shape index (κ3) is 5.27. The molecule has 0 unspecified atom stereocenters. The van der Waals surface area contributed by atoms with E-state index in [0.717, 1.165) is 67.6 Å². The quantitative estimate of drug-likeness (QED) is 0.393. The Morgan fingerprint density at radius 3 is 2.79 bits per heavy atom. The van der Waals surface area contributed by atoms with E-state index in [-0.39, 0.29) is 17.7 Å². The summed E-state index contributed by atoms with van der Waals surface area (Å²) in [5, 5.41) is 11.1. The van der Waals surface area contributed by atoms with E-state index in [0.29, 0.717) is 26.5 Å². The molecule has 2 aliphatic heterocycles. The molecule has 0 spiro atoms. The number of nitrogens with one attached hydrogen (secondary N) is 3. The lowest BCUT2D eigenvalue weighted by atomic mass is 9.85. The molecule has 2 aromatic carbocycles. The zero-order chi connectivity index (χ0) is 26.1. The molecule has 3 aliphatic rings. The molecule has 0 bridgehead atoms. The monoisotopic (exact) mass is 546 g/mol. The first-order chi connectivity index (χ1) is 18.5. The fourth-order valence-corrected chi connectivity index (χ4v) is 5.75. The first kappa shape index (κ1) is 24.9. The summed E-state index contributed by atoms with van der Waals surface area (Å²) in [6.45, 7) is 3.78. The predicted molar refractivity (Wildman–Crippen MR) is 155 cm³/mol. The number of anilines is 2. The molecule has 194 valence electrons. The van der Waals surface area contributed by atoms with Gasteiger partial charge < -0.3 is 20.9 Å². The molecule has 3 fully saturated rings. The number of nitrogens with zero attached hydrogens (tertiary/aromatic N) is 3. The van der Waals surface area contributed by atoms with Gasteiger partial charge in [-0.05, 0) is 72.6 Å². The topological polar surface area (TPSA) is 98.7 Å². The Balaban J connectivity index is 1.23. The number of piperazine rings is 1. The molecule has 1 aliphatic carbocycles. The van der Waals surface area contributed by atoms with E-state index in [1.807, 2.05) is 24.4 Å². The maximum atomic E-state index is 12.8. The highest BCUT2D eigenvalue weighted by Crippen LogP contribution is 2.34. The SMILES string of the molecule is O=C1NC(=Nc2cc(NC(=O)C3CCC3)ccc2Cl)S/C1=C\c1ccc2nccc(N3CCNCC3)c2c1. The summed E-state index contributed by atoms with van der Waals surface area (Å²) in [5.74, 6) is -0.110. The zero-order valence-electron chi connectivity index (χ0n) is 20.7. The number of amidine groups is 1. The number of halogens is 1. The van der Waals surface area contributed by atoms with Crippen molar-refractivity contribution < 1.29 is 9.59 Å². The van der Waals surface area contributed by atoms with Crippen LogP contribution in [0.2, 0.25) is 5.02 Å². The van der Waals surface area contributed by atoms with Crippen LogP contribution >= 0.6 is 23.4 Å². The van der Waals surface area contributed by atoms with E-state index in [1.54, 1.807) is 18.2 Å². The molecule has 2 saturated heterocycles. The Morgan fingerprint density at radius 1 is 1.16 bits per heavy atom. The van der Waals surface area contributed by atoms with Gasteiger partial charge in [0.1, 0.15) is 0 Å². The fourth-order valence-electron chi connectivity index (χ4n) is 4.75. The van der Waals surface area contributed by atoms with Crippen LogP contribution in [0.15, 0.2) is 58.6 Å². The van der Waals surface area contributed by atoms with Crippen LogP contribution in [0.3, 0.4) is 0 Å². The lowest BCUT2D eigenvalue weighted by Crippen LogP contribution is -2.43. The summed E-state index contributed by atoms with van der Waals surface area (Å²) < 4.78 is 0. The van der Waals surface area contributed by atoms with Gasteiger partial charge in [0.25, 0.3) is 5.91 Å². The molecule has 3 aromatic rings. The predicted octanol–water partition coefficient (Wildman–Crippen LogP) is 4.93. The van der Waals surface area contributed by atoms with Crippen molar-refractivity contribution in [1.29, 1.82) is 0 Å². The molecule has 1 saturated carbocycles. The third-order valence-electron chi connectivity index (χ3n) is 7.06. The van der Waals surface area contributed by atoms with Crippen molar-refractivity contribution in [2.45, 2.75) is 19.3 Å². The molecule has 0 atom stereocenters. The highest BCUT2D eigenvalue weighted by atomic mass is 35.5. The molecule has 6 rings (SSSR count). The number of fused-ring (bicyclic) bond motifs is 1. The standard InChI is InChI=1S/C28H27ClN6O2S/c29-21-6-5-19(32-26(36)18-2-1-3-18)16-23(21)33-28-34-27(37)25(38-28)15-17-4-7-22-20(14-17)24(8-9-31-22)35-12-10-30-11-13-35/h4-9,14-16,18,30H,1-3,10-13H2,(H,32,36)(H,33,34,37)/b25-15-. The van der Waals surface area contributed by atoms with Gasteiger partial charge in [-0.25, -0.2) is 4.99 Å². The van der Waals surface area contributed by atoms with Crippen LogP contribution in [0.25, 0.3) is 17.0 Å². The number of thioether (sulfide) groups is 1. The van der Waals surface area contributed by atoms with Crippen LogP contribution in [-0.4, -0.2) is 48.1 Å². The first-order valence-corrected chi connectivity index (χ1v) is 14.0. The van der Waals surface area contributed by atoms with Gasteiger partial charge in [0, 0.05) is 55.1 Å². The Morgan fingerprint density at radius 2 is 2.00 bits per heavy atom. The molecule has 1 aromatic heterocycles. The molecule has 8 nitrogen and oxygen atoms in total. The number of carbonyl (C=O) groups is 2. The highest BCUT2D eigenvalue weighted by molar-refractivity contribution is 8.18. The van der Waals surface area contributed by atoms with Crippen molar-refractivity contribution in [1.82, 2.24) is 15.6 Å². The first-order valence-electron chi connectivity index (χ1n) is 12.8. The van der Waals surface area contributed by atoms with Crippen molar-refractivity contribution in [2.24, 2.45) is 10.9 Å². The van der Waals surface area contributed by atoms with Crippen LogP contribution in [0.5, 0.6) is 0 Å². The van der Waals surface area contributed by atoms with Gasteiger partial charge in [-0.1, -0.05) is 24.1 Å². The summed E-state index contributed by atoms with van der Waals surface area (Å²) in [7, 11) is 0. The van der Waals surface area contributed by atoms with E-state index in [1.165, 1.54) is 11.8 Å². The number of rotatable bonds is 5. The van der Waals surface area contributed by atoms with E-state index in [4.69, 9.17) is 11.6 Å². The minimum absolute atomic E-state index is 0.0247. The average Bonchev–Trinajstić information content (AvgIpc) is 3.23. The second-order valence-corrected chi connectivity index (χ2v) is 11.0. The number of benzene rings is 2. The van der Waals surface area contributed by atoms with Crippen LogP contribution in [0.4, 0.5) is 17.1 Å². The van der Waals surface area contributed by atoms with Gasteiger partial charge in [-0.3, -0.25) is 14.6 Å². The van der Waals surface area contributed by atoms with Gasteiger partial charge in [0.05, 0.1) is 21.1 Å². The molecular formula is C28H27ClN6O2S. The second kappa shape index (κ2) is 10.8. The molecule has 10 heteroatoms. The summed E-state index contributed by atoms with van der Waals surface area (Å²) in [5.41, 5.74) is 4.12. The van der Waals surface area contributed by atoms with Gasteiger partial charge in [0.2, 0.25) is 5.91 Å². The minimum Gasteiger partial charge on any atom is -0.368 e. The van der Waals surface area contributed by atoms with E-state index in [2.05, 4.69) is 43.0 Å². The molecular weight excluding hydrogens is 520 g/mol. The Kier molecular flexibility index (Phi) is 7.06. The van der Waals surface area contributed by atoms with Crippen LogP contribution in [0.1, 0.15) is 24.8 Å². The van der Waals surface area contributed by atoms with Crippen molar-refractivity contribution in [3.8, 4) is 0 Å². The van der Waals surface area contributed by atoms with Crippen molar-refractivity contribution in [2.75, 3.05) is 36.4 Å². The Labute approximate surface area is 229 Å². The number of hydrogen-bond acceptors (Lipinski definition) is 7. The van der Waals surface area contributed by atoms with Crippen LogP contribution in [0, 0.1) is 5.92 Å². The largest absolute Gasteiger partial charge is 0.368 e.